The van der Waals surface area contributed by atoms with Crippen molar-refractivity contribution in [2.75, 3.05) is 5.32 Å². The van der Waals surface area contributed by atoms with Crippen molar-refractivity contribution in [2.24, 2.45) is 11.1 Å². The van der Waals surface area contributed by atoms with E-state index in [1.54, 1.807) is 0 Å². The topological polar surface area (TPSA) is 44.6 Å². The third kappa shape index (κ3) is 4.51. The zero-order chi connectivity index (χ0) is 16.8. The van der Waals surface area contributed by atoms with Gasteiger partial charge in [0.2, 0.25) is 0 Å². The summed E-state index contributed by atoms with van der Waals surface area (Å²) in [5, 5.41) is 16.6. The van der Waals surface area contributed by atoms with Crippen LogP contribution in [-0.2, 0) is 0 Å². The van der Waals surface area contributed by atoms with Gasteiger partial charge < -0.3 is 10.5 Å². The molecule has 0 amide bonds. The summed E-state index contributed by atoms with van der Waals surface area (Å²) < 4.78 is 0. The number of nitrogens with zero attached hydrogens (tertiary/aromatic N) is 1. The van der Waals surface area contributed by atoms with Crippen LogP contribution in [0.25, 0.3) is 0 Å². The van der Waals surface area contributed by atoms with Crippen LogP contribution in [0.3, 0.4) is 0 Å². The molecule has 0 spiro atoms. The van der Waals surface area contributed by atoms with Crippen LogP contribution in [0.5, 0.6) is 0 Å². The van der Waals surface area contributed by atoms with Crippen LogP contribution in [0.15, 0.2) is 59.8 Å². The molecule has 24 heavy (non-hydrogen) atoms. The van der Waals surface area contributed by atoms with E-state index in [1.165, 1.54) is 18.4 Å². The molecule has 0 unspecified atom stereocenters. The maximum absolute atomic E-state index is 9.31. The largest absolute Gasteiger partial charge is 0.409 e. The van der Waals surface area contributed by atoms with Crippen LogP contribution in [0.2, 0.25) is 5.02 Å². The number of anilines is 1. The van der Waals surface area contributed by atoms with Gasteiger partial charge in [-0.05, 0) is 61.3 Å². The normalized spacial score (nSPS) is 21.5. The molecule has 2 N–H and O–H groups in total. The lowest BCUT2D eigenvalue weighted by Crippen LogP contribution is -2.21. The van der Waals surface area contributed by atoms with Gasteiger partial charge in [0.25, 0.3) is 0 Å². The lowest BCUT2D eigenvalue weighted by molar-refractivity contribution is 0.306. The Morgan fingerprint density at radius 1 is 1.04 bits per heavy atom. The molecule has 3 rings (SSSR count). The average molecular weight is 343 g/mol. The van der Waals surface area contributed by atoms with Gasteiger partial charge in [0.1, 0.15) is 5.84 Å². The number of hydrogen-bond donors (Lipinski definition) is 2. The second-order valence-electron chi connectivity index (χ2n) is 6.51. The van der Waals surface area contributed by atoms with Gasteiger partial charge in [-0.15, -0.1) is 0 Å². The SMILES string of the molecule is O/N=C(/C[C@H]1CC[C@H](c2ccccc2)CC1)Nc1cccc(Cl)c1. The van der Waals surface area contributed by atoms with Gasteiger partial charge in [0.05, 0.1) is 0 Å². The van der Waals surface area contributed by atoms with Gasteiger partial charge in [-0.3, -0.25) is 0 Å². The number of oxime groups is 1. The summed E-state index contributed by atoms with van der Waals surface area (Å²) in [6.07, 6.45) is 5.49. The first kappa shape index (κ1) is 16.8. The fourth-order valence-electron chi connectivity index (χ4n) is 3.55. The van der Waals surface area contributed by atoms with Crippen LogP contribution < -0.4 is 5.32 Å². The van der Waals surface area contributed by atoms with Gasteiger partial charge >= 0.3 is 0 Å². The van der Waals surface area contributed by atoms with Gasteiger partial charge in [-0.25, -0.2) is 0 Å². The first-order valence-corrected chi connectivity index (χ1v) is 8.91. The van der Waals surface area contributed by atoms with Crippen LogP contribution >= 0.6 is 11.6 Å². The molecule has 2 aromatic rings. The standard InChI is InChI=1S/C20H23ClN2O/c21-18-7-4-8-19(14-18)22-20(23-24)13-15-9-11-17(12-10-15)16-5-2-1-3-6-16/h1-8,14-15,17,24H,9-13H2,(H,22,23)/t15-,17-. The molecule has 0 heterocycles. The predicted molar refractivity (Wildman–Crippen MR) is 100 cm³/mol. The van der Waals surface area contributed by atoms with E-state index >= 15 is 0 Å². The van der Waals surface area contributed by atoms with Gasteiger partial charge in [0.15, 0.2) is 0 Å². The van der Waals surface area contributed by atoms with Crippen molar-refractivity contribution in [2.45, 2.75) is 38.0 Å². The van der Waals surface area contributed by atoms with Crippen molar-refractivity contribution in [3.05, 3.63) is 65.2 Å². The Morgan fingerprint density at radius 2 is 1.79 bits per heavy atom. The molecule has 1 fully saturated rings. The third-order valence-electron chi connectivity index (χ3n) is 4.83. The van der Waals surface area contributed by atoms with Crippen molar-refractivity contribution >= 4 is 23.1 Å². The number of rotatable bonds is 4. The maximum Gasteiger partial charge on any atom is 0.146 e. The highest BCUT2D eigenvalue weighted by molar-refractivity contribution is 6.30. The molecule has 0 atom stereocenters. The van der Waals surface area contributed by atoms with Crippen LogP contribution in [0, 0.1) is 5.92 Å². The van der Waals surface area contributed by atoms with Crippen molar-refractivity contribution in [1.82, 2.24) is 0 Å². The minimum absolute atomic E-state index is 0.558. The van der Waals surface area contributed by atoms with Gasteiger partial charge in [-0.2, -0.15) is 0 Å². The fraction of sp³-hybridized carbons (Fsp3) is 0.350. The molecule has 0 aliphatic heterocycles. The zero-order valence-electron chi connectivity index (χ0n) is 13.7. The minimum Gasteiger partial charge on any atom is -0.409 e. The smallest absolute Gasteiger partial charge is 0.146 e. The molecule has 3 nitrogen and oxygen atoms in total. The van der Waals surface area contributed by atoms with E-state index in [0.717, 1.165) is 24.9 Å². The summed E-state index contributed by atoms with van der Waals surface area (Å²) in [6, 6.07) is 18.2. The second-order valence-corrected chi connectivity index (χ2v) is 6.95. The molecular formula is C20H23ClN2O. The Balaban J connectivity index is 1.53. The number of hydrogen-bond acceptors (Lipinski definition) is 2. The summed E-state index contributed by atoms with van der Waals surface area (Å²) in [5.41, 5.74) is 2.30. The van der Waals surface area contributed by atoms with Gasteiger partial charge in [-0.1, -0.05) is 53.2 Å². The number of amidine groups is 1. The van der Waals surface area contributed by atoms with E-state index in [4.69, 9.17) is 11.6 Å². The van der Waals surface area contributed by atoms with Gasteiger partial charge in [0, 0.05) is 17.1 Å². The van der Waals surface area contributed by atoms with E-state index in [9.17, 15) is 5.21 Å². The summed E-state index contributed by atoms with van der Waals surface area (Å²) in [6.45, 7) is 0. The first-order valence-electron chi connectivity index (χ1n) is 8.53. The molecule has 126 valence electrons. The van der Waals surface area contributed by atoms with Crippen molar-refractivity contribution in [3.63, 3.8) is 0 Å². The number of halogens is 1. The summed E-state index contributed by atoms with van der Waals surface area (Å²) in [7, 11) is 0. The van der Waals surface area contributed by atoms with Crippen molar-refractivity contribution in [3.8, 4) is 0 Å². The van der Waals surface area contributed by atoms with E-state index < -0.39 is 0 Å². The molecule has 0 saturated heterocycles. The molecule has 4 heteroatoms. The van der Waals surface area contributed by atoms with Crippen molar-refractivity contribution < 1.29 is 5.21 Å². The lowest BCUT2D eigenvalue weighted by atomic mass is 9.77. The second kappa shape index (κ2) is 8.20. The highest BCUT2D eigenvalue weighted by atomic mass is 35.5. The van der Waals surface area contributed by atoms with Crippen molar-refractivity contribution in [1.29, 1.82) is 0 Å². The monoisotopic (exact) mass is 342 g/mol. The predicted octanol–water partition coefficient (Wildman–Crippen LogP) is 5.90. The quantitative estimate of drug-likeness (QED) is 0.314. The fourth-order valence-corrected chi connectivity index (χ4v) is 3.74. The molecular weight excluding hydrogens is 320 g/mol. The highest BCUT2D eigenvalue weighted by Crippen LogP contribution is 2.37. The Hall–Kier alpha value is -2.00. The molecule has 0 radical (unpaired) electrons. The van der Waals surface area contributed by atoms with Crippen LogP contribution in [0.1, 0.15) is 43.6 Å². The molecule has 0 bridgehead atoms. The highest BCUT2D eigenvalue weighted by Gasteiger charge is 2.23. The minimum atomic E-state index is 0.558. The average Bonchev–Trinajstić information content (AvgIpc) is 2.62. The van der Waals surface area contributed by atoms with E-state index in [1.807, 2.05) is 24.3 Å². The van der Waals surface area contributed by atoms with E-state index in [0.29, 0.717) is 22.7 Å². The maximum atomic E-state index is 9.31. The molecule has 1 aliphatic carbocycles. The summed E-state index contributed by atoms with van der Waals surface area (Å²) in [4.78, 5) is 0. The third-order valence-corrected chi connectivity index (χ3v) is 5.07. The van der Waals surface area contributed by atoms with E-state index in [-0.39, 0.29) is 0 Å². The lowest BCUT2D eigenvalue weighted by Gasteiger charge is -2.29. The Morgan fingerprint density at radius 3 is 2.46 bits per heavy atom. The summed E-state index contributed by atoms with van der Waals surface area (Å²) in [5.74, 6) is 1.83. The Labute approximate surface area is 148 Å². The Bertz CT molecular complexity index is 679. The Kier molecular flexibility index (Phi) is 5.76. The zero-order valence-corrected chi connectivity index (χ0v) is 14.4. The molecule has 0 aromatic heterocycles. The number of nitrogens with one attached hydrogen (secondary N) is 1. The molecule has 1 saturated carbocycles. The van der Waals surface area contributed by atoms with E-state index in [2.05, 4.69) is 40.8 Å². The number of benzene rings is 2. The first-order chi connectivity index (χ1) is 11.7. The summed E-state index contributed by atoms with van der Waals surface area (Å²) >= 11 is 6.00. The van der Waals surface area contributed by atoms with Crippen LogP contribution in [-0.4, -0.2) is 11.0 Å². The molecule has 1 aliphatic rings. The van der Waals surface area contributed by atoms with Crippen LogP contribution in [0.4, 0.5) is 5.69 Å². The molecule has 2 aromatic carbocycles.